The maximum absolute atomic E-state index is 9.50. The molecular weight excluding hydrogens is 116 g/mol. The van der Waals surface area contributed by atoms with Gasteiger partial charge in [0, 0.05) is 5.92 Å². The standard InChI is InChI=1S/C4H8O.C3H4O/c1-4(2)3-5;1-2-3-4/h3-4H,1-2H3;2-3H,1H2. The second-order valence-electron chi connectivity index (χ2n) is 1.75. The van der Waals surface area contributed by atoms with E-state index in [9.17, 15) is 4.79 Å². The van der Waals surface area contributed by atoms with Gasteiger partial charge in [-0.05, 0) is 6.08 Å². The van der Waals surface area contributed by atoms with Crippen molar-refractivity contribution in [2.75, 3.05) is 0 Å². The minimum Gasteiger partial charge on any atom is -0.303 e. The third-order valence-corrected chi connectivity index (χ3v) is 0.368. The molecule has 0 unspecified atom stereocenters. The highest BCUT2D eigenvalue weighted by atomic mass is 16.1. The van der Waals surface area contributed by atoms with Crippen LogP contribution in [0.3, 0.4) is 0 Å². The Morgan fingerprint density at radius 3 is 1.56 bits per heavy atom. The predicted molar refractivity (Wildman–Crippen MR) is 37.2 cm³/mol. The zero-order valence-corrected chi connectivity index (χ0v) is 5.83. The Morgan fingerprint density at radius 1 is 1.33 bits per heavy atom. The minimum atomic E-state index is 0.204. The Bertz CT molecular complexity index is 78.9. The highest BCUT2D eigenvalue weighted by Gasteiger charge is 1.79. The molecule has 0 aliphatic carbocycles. The van der Waals surface area contributed by atoms with E-state index < -0.39 is 0 Å². The lowest BCUT2D eigenvalue weighted by Gasteiger charge is -1.78. The number of allylic oxidation sites excluding steroid dienone is 1. The largest absolute Gasteiger partial charge is 0.303 e. The third-order valence-electron chi connectivity index (χ3n) is 0.368. The molecule has 52 valence electrons. The summed E-state index contributed by atoms with van der Waals surface area (Å²) in [5.74, 6) is 0.204. The van der Waals surface area contributed by atoms with Crippen molar-refractivity contribution in [3.8, 4) is 0 Å². The summed E-state index contributed by atoms with van der Waals surface area (Å²) >= 11 is 0. The summed E-state index contributed by atoms with van der Waals surface area (Å²) in [5, 5.41) is 0. The summed E-state index contributed by atoms with van der Waals surface area (Å²) in [4.78, 5) is 18.6. The molecule has 2 heteroatoms. The SMILES string of the molecule is C=CC=O.CC(C)C=O. The van der Waals surface area contributed by atoms with E-state index in [2.05, 4.69) is 6.58 Å². The van der Waals surface area contributed by atoms with Gasteiger partial charge in [-0.2, -0.15) is 0 Å². The second-order valence-corrected chi connectivity index (χ2v) is 1.75. The van der Waals surface area contributed by atoms with Crippen LogP contribution in [0, 0.1) is 5.92 Å². The highest BCUT2D eigenvalue weighted by Crippen LogP contribution is 1.78. The molecule has 0 rings (SSSR count). The normalized spacial score (nSPS) is 7.00. The van der Waals surface area contributed by atoms with Crippen LogP contribution in [0.4, 0.5) is 0 Å². The first kappa shape index (κ1) is 11.0. The summed E-state index contributed by atoms with van der Waals surface area (Å²) in [7, 11) is 0. The van der Waals surface area contributed by atoms with Crippen LogP contribution >= 0.6 is 0 Å². The van der Waals surface area contributed by atoms with Crippen LogP contribution < -0.4 is 0 Å². The van der Waals surface area contributed by atoms with E-state index in [0.717, 1.165) is 6.29 Å². The fourth-order valence-corrected chi connectivity index (χ4v) is 0. The van der Waals surface area contributed by atoms with E-state index in [-0.39, 0.29) is 5.92 Å². The molecule has 0 aromatic carbocycles. The van der Waals surface area contributed by atoms with Crippen molar-refractivity contribution in [3.63, 3.8) is 0 Å². The topological polar surface area (TPSA) is 34.1 Å². The first-order valence-electron chi connectivity index (χ1n) is 2.70. The van der Waals surface area contributed by atoms with E-state index in [0.29, 0.717) is 6.29 Å². The van der Waals surface area contributed by atoms with Gasteiger partial charge < -0.3 is 4.79 Å². The number of rotatable bonds is 2. The van der Waals surface area contributed by atoms with Gasteiger partial charge in [-0.15, -0.1) is 0 Å². The van der Waals surface area contributed by atoms with E-state index in [4.69, 9.17) is 4.79 Å². The van der Waals surface area contributed by atoms with Crippen LogP contribution in [0.2, 0.25) is 0 Å². The minimum absolute atomic E-state index is 0.204. The van der Waals surface area contributed by atoms with E-state index in [1.807, 2.05) is 13.8 Å². The molecule has 0 saturated heterocycles. The van der Waals surface area contributed by atoms with Crippen molar-refractivity contribution in [3.05, 3.63) is 12.7 Å². The molecule has 0 atom stereocenters. The van der Waals surface area contributed by atoms with Crippen molar-refractivity contribution < 1.29 is 9.59 Å². The maximum atomic E-state index is 9.50. The van der Waals surface area contributed by atoms with Gasteiger partial charge in [-0.3, -0.25) is 4.79 Å². The molecule has 9 heavy (non-hydrogen) atoms. The van der Waals surface area contributed by atoms with Gasteiger partial charge in [0.15, 0.2) is 0 Å². The first-order chi connectivity index (χ1) is 4.18. The van der Waals surface area contributed by atoms with Gasteiger partial charge in [0.2, 0.25) is 0 Å². The lowest BCUT2D eigenvalue weighted by atomic mass is 10.3. The van der Waals surface area contributed by atoms with Crippen LogP contribution in [0.5, 0.6) is 0 Å². The highest BCUT2D eigenvalue weighted by molar-refractivity contribution is 5.63. The van der Waals surface area contributed by atoms with Gasteiger partial charge in [-0.25, -0.2) is 0 Å². The van der Waals surface area contributed by atoms with E-state index in [1.54, 1.807) is 0 Å². The molecule has 0 bridgehead atoms. The number of hydrogen-bond donors (Lipinski definition) is 0. The number of carbonyl (C=O) groups is 2. The third kappa shape index (κ3) is 42.2. The average molecular weight is 128 g/mol. The van der Waals surface area contributed by atoms with Gasteiger partial charge in [-0.1, -0.05) is 20.4 Å². The average Bonchev–Trinajstić information content (AvgIpc) is 1.89. The van der Waals surface area contributed by atoms with Crippen molar-refractivity contribution >= 4 is 12.6 Å². The molecule has 0 fully saturated rings. The van der Waals surface area contributed by atoms with Crippen molar-refractivity contribution in [1.29, 1.82) is 0 Å². The Morgan fingerprint density at radius 2 is 1.56 bits per heavy atom. The van der Waals surface area contributed by atoms with Gasteiger partial charge >= 0.3 is 0 Å². The zero-order chi connectivity index (χ0) is 7.70. The first-order valence-corrected chi connectivity index (χ1v) is 2.70. The molecule has 0 amide bonds. The van der Waals surface area contributed by atoms with Gasteiger partial charge in [0.25, 0.3) is 0 Å². The molecule has 2 nitrogen and oxygen atoms in total. The summed E-state index contributed by atoms with van der Waals surface area (Å²) in [5.41, 5.74) is 0. The van der Waals surface area contributed by atoms with Crippen molar-refractivity contribution in [1.82, 2.24) is 0 Å². The van der Waals surface area contributed by atoms with Gasteiger partial charge in [0.05, 0.1) is 0 Å². The molecule has 0 aliphatic heterocycles. The summed E-state index contributed by atoms with van der Waals surface area (Å²) in [6.07, 6.45) is 2.75. The zero-order valence-electron chi connectivity index (χ0n) is 5.83. The van der Waals surface area contributed by atoms with E-state index in [1.165, 1.54) is 6.08 Å². The molecule has 0 aromatic heterocycles. The molecule has 0 aromatic rings. The van der Waals surface area contributed by atoms with Crippen LogP contribution in [0.25, 0.3) is 0 Å². The number of hydrogen-bond acceptors (Lipinski definition) is 2. The predicted octanol–water partition coefficient (Wildman–Crippen LogP) is 1.21. The Kier molecular flexibility index (Phi) is 12.3. The molecule has 0 spiro atoms. The summed E-state index contributed by atoms with van der Waals surface area (Å²) < 4.78 is 0. The molecule has 0 radical (unpaired) electrons. The maximum Gasteiger partial charge on any atom is 0.142 e. The monoisotopic (exact) mass is 128 g/mol. The van der Waals surface area contributed by atoms with Crippen molar-refractivity contribution in [2.45, 2.75) is 13.8 Å². The van der Waals surface area contributed by atoms with Gasteiger partial charge in [0.1, 0.15) is 12.6 Å². The molecule has 0 aliphatic rings. The summed E-state index contributed by atoms with van der Waals surface area (Å²) in [6, 6.07) is 0. The Hall–Kier alpha value is -0.920. The van der Waals surface area contributed by atoms with E-state index >= 15 is 0 Å². The Labute approximate surface area is 55.6 Å². The molecule has 0 heterocycles. The van der Waals surface area contributed by atoms with Crippen molar-refractivity contribution in [2.24, 2.45) is 5.92 Å². The lowest BCUT2D eigenvalue weighted by molar-refractivity contribution is -0.110. The quantitative estimate of drug-likeness (QED) is 0.414. The van der Waals surface area contributed by atoms with Crippen LogP contribution in [-0.2, 0) is 9.59 Å². The number of carbonyl (C=O) groups excluding carboxylic acids is 2. The molecule has 0 N–H and O–H groups in total. The molecule has 0 saturated carbocycles. The fraction of sp³-hybridized carbons (Fsp3) is 0.429. The Balaban J connectivity index is 0. The summed E-state index contributed by atoms with van der Waals surface area (Å²) in [6.45, 7) is 6.82. The van der Waals surface area contributed by atoms with Crippen LogP contribution in [0.1, 0.15) is 13.8 Å². The fourth-order valence-electron chi connectivity index (χ4n) is 0. The molecular formula is C7H12O2. The smallest absolute Gasteiger partial charge is 0.142 e. The van der Waals surface area contributed by atoms with Crippen LogP contribution in [0.15, 0.2) is 12.7 Å². The van der Waals surface area contributed by atoms with Crippen LogP contribution in [-0.4, -0.2) is 12.6 Å². The number of aldehydes is 2. The lowest BCUT2D eigenvalue weighted by Crippen LogP contribution is -1.82. The second kappa shape index (κ2) is 10.1.